The second-order valence-electron chi connectivity index (χ2n) is 2.52. The largest absolute Gasteiger partial charge is 0.303 e. The molecule has 1 unspecified atom stereocenters. The third kappa shape index (κ3) is 5.59. The summed E-state index contributed by atoms with van der Waals surface area (Å²) in [5.41, 5.74) is 0. The van der Waals surface area contributed by atoms with Crippen molar-refractivity contribution in [3.63, 3.8) is 0 Å². The first kappa shape index (κ1) is 10.2. The fourth-order valence-electron chi connectivity index (χ4n) is 0.920. The highest BCUT2D eigenvalue weighted by Gasteiger charge is 1.99. The first-order valence-electron chi connectivity index (χ1n) is 4.06. The Labute approximate surface area is 68.8 Å². The zero-order valence-corrected chi connectivity index (χ0v) is 7.12. The summed E-state index contributed by atoms with van der Waals surface area (Å²) in [5, 5.41) is 0. The summed E-state index contributed by atoms with van der Waals surface area (Å²) in [6.07, 6.45) is 9.56. The number of carbonyl (C=O) groups excluding carboxylic acids is 1. The molecule has 11 heavy (non-hydrogen) atoms. The molecule has 0 aliphatic carbocycles. The van der Waals surface area contributed by atoms with E-state index in [4.69, 9.17) is 0 Å². The Morgan fingerprint density at radius 3 is 2.64 bits per heavy atom. The third-order valence-electron chi connectivity index (χ3n) is 1.51. The van der Waals surface area contributed by atoms with Gasteiger partial charge in [-0.15, -0.1) is 6.58 Å². The van der Waals surface area contributed by atoms with Crippen LogP contribution in [-0.2, 0) is 4.79 Å². The van der Waals surface area contributed by atoms with Gasteiger partial charge in [-0.05, 0) is 18.8 Å². The van der Waals surface area contributed by atoms with Crippen LogP contribution in [0.25, 0.3) is 0 Å². The molecule has 0 aromatic carbocycles. The van der Waals surface area contributed by atoms with Crippen molar-refractivity contribution < 1.29 is 4.79 Å². The Morgan fingerprint density at radius 1 is 1.45 bits per heavy atom. The van der Waals surface area contributed by atoms with Crippen molar-refractivity contribution in [1.29, 1.82) is 0 Å². The summed E-state index contributed by atoms with van der Waals surface area (Å²) in [5.74, 6) is 0.366. The molecule has 0 N–H and O–H groups in total. The quantitative estimate of drug-likeness (QED) is 0.422. The molecular weight excluding hydrogens is 136 g/mol. The van der Waals surface area contributed by atoms with Gasteiger partial charge >= 0.3 is 0 Å². The van der Waals surface area contributed by atoms with Gasteiger partial charge in [0.05, 0.1) is 0 Å². The zero-order chi connectivity index (χ0) is 8.53. The van der Waals surface area contributed by atoms with Crippen molar-refractivity contribution in [2.75, 3.05) is 0 Å². The molecule has 0 spiro atoms. The number of rotatable bonds is 6. The minimum atomic E-state index is 0.366. The Kier molecular flexibility index (Phi) is 6.70. The second kappa shape index (κ2) is 7.26. The first-order valence-corrected chi connectivity index (χ1v) is 4.06. The number of hydrogen-bond acceptors (Lipinski definition) is 1. The molecule has 1 heteroatoms. The molecule has 0 aromatic rings. The van der Waals surface area contributed by atoms with Gasteiger partial charge in [-0.1, -0.05) is 25.2 Å². The van der Waals surface area contributed by atoms with Gasteiger partial charge in [0.15, 0.2) is 0 Å². The fraction of sp³-hybridized carbons (Fsp3) is 0.500. The van der Waals surface area contributed by atoms with Gasteiger partial charge in [0, 0.05) is 6.42 Å². The van der Waals surface area contributed by atoms with E-state index in [2.05, 4.69) is 25.7 Å². The van der Waals surface area contributed by atoms with E-state index in [0.717, 1.165) is 19.1 Å². The van der Waals surface area contributed by atoms with E-state index in [1.807, 2.05) is 6.08 Å². The number of aldehydes is 1. The predicted molar refractivity (Wildman–Crippen MR) is 48.4 cm³/mol. The molecule has 0 saturated carbocycles. The van der Waals surface area contributed by atoms with E-state index < -0.39 is 0 Å². The van der Waals surface area contributed by atoms with E-state index in [0.29, 0.717) is 12.3 Å². The van der Waals surface area contributed by atoms with E-state index in [1.165, 1.54) is 0 Å². The standard InChI is InChI=1S/C10H16O/c1-3-5-7-10(6-4-2)8-9-11/h4-5,7,9-10H,2-3,6,8H2,1H3/b7-5+. The van der Waals surface area contributed by atoms with Gasteiger partial charge in [-0.2, -0.15) is 0 Å². The number of hydrogen-bond donors (Lipinski definition) is 0. The summed E-state index contributed by atoms with van der Waals surface area (Å²) >= 11 is 0. The second-order valence-corrected chi connectivity index (χ2v) is 2.52. The van der Waals surface area contributed by atoms with Crippen molar-refractivity contribution in [2.24, 2.45) is 5.92 Å². The molecule has 0 radical (unpaired) electrons. The van der Waals surface area contributed by atoms with Gasteiger partial charge in [-0.3, -0.25) is 0 Å². The maximum atomic E-state index is 10.2. The van der Waals surface area contributed by atoms with E-state index in [1.54, 1.807) is 0 Å². The predicted octanol–water partition coefficient (Wildman–Crippen LogP) is 2.73. The SMILES string of the molecule is C=CCC(/C=C/CC)CC=O. The third-order valence-corrected chi connectivity index (χ3v) is 1.51. The lowest BCUT2D eigenvalue weighted by Gasteiger charge is -2.03. The van der Waals surface area contributed by atoms with E-state index in [9.17, 15) is 4.79 Å². The molecule has 0 heterocycles. The Bertz CT molecular complexity index is 126. The highest BCUT2D eigenvalue weighted by Crippen LogP contribution is 2.09. The Morgan fingerprint density at radius 2 is 2.18 bits per heavy atom. The molecule has 0 amide bonds. The van der Waals surface area contributed by atoms with Crippen LogP contribution in [-0.4, -0.2) is 6.29 Å². The van der Waals surface area contributed by atoms with Crippen LogP contribution in [0.4, 0.5) is 0 Å². The topological polar surface area (TPSA) is 17.1 Å². The summed E-state index contributed by atoms with van der Waals surface area (Å²) in [7, 11) is 0. The Balaban J connectivity index is 3.76. The summed E-state index contributed by atoms with van der Waals surface area (Å²) < 4.78 is 0. The summed E-state index contributed by atoms with van der Waals surface area (Å²) in [6, 6.07) is 0. The van der Waals surface area contributed by atoms with Gasteiger partial charge < -0.3 is 4.79 Å². The monoisotopic (exact) mass is 152 g/mol. The van der Waals surface area contributed by atoms with Crippen molar-refractivity contribution in [3.05, 3.63) is 24.8 Å². The summed E-state index contributed by atoms with van der Waals surface area (Å²) in [6.45, 7) is 5.73. The van der Waals surface area contributed by atoms with Crippen LogP contribution in [0.3, 0.4) is 0 Å². The molecule has 0 saturated heterocycles. The van der Waals surface area contributed by atoms with Gasteiger partial charge in [0.1, 0.15) is 6.29 Å². The molecule has 0 aliphatic heterocycles. The maximum absolute atomic E-state index is 10.2. The van der Waals surface area contributed by atoms with Crippen LogP contribution in [0.15, 0.2) is 24.8 Å². The van der Waals surface area contributed by atoms with Gasteiger partial charge in [0.2, 0.25) is 0 Å². The zero-order valence-electron chi connectivity index (χ0n) is 7.12. The molecular formula is C10H16O. The van der Waals surface area contributed by atoms with E-state index in [-0.39, 0.29) is 0 Å². The van der Waals surface area contributed by atoms with Crippen LogP contribution in [0.5, 0.6) is 0 Å². The van der Waals surface area contributed by atoms with Crippen LogP contribution >= 0.6 is 0 Å². The van der Waals surface area contributed by atoms with Crippen LogP contribution in [0.1, 0.15) is 26.2 Å². The van der Waals surface area contributed by atoms with Crippen molar-refractivity contribution >= 4 is 6.29 Å². The van der Waals surface area contributed by atoms with Crippen molar-refractivity contribution in [2.45, 2.75) is 26.2 Å². The van der Waals surface area contributed by atoms with Crippen LogP contribution in [0, 0.1) is 5.92 Å². The highest BCUT2D eigenvalue weighted by atomic mass is 16.1. The van der Waals surface area contributed by atoms with Crippen LogP contribution in [0.2, 0.25) is 0 Å². The summed E-state index contributed by atoms with van der Waals surface area (Å²) in [4.78, 5) is 10.2. The molecule has 0 aliphatic rings. The first-order chi connectivity index (χ1) is 5.35. The molecule has 0 rings (SSSR count). The van der Waals surface area contributed by atoms with Crippen LogP contribution < -0.4 is 0 Å². The smallest absolute Gasteiger partial charge is 0.120 e. The maximum Gasteiger partial charge on any atom is 0.120 e. The number of allylic oxidation sites excluding steroid dienone is 3. The number of carbonyl (C=O) groups is 1. The highest BCUT2D eigenvalue weighted by molar-refractivity contribution is 5.50. The molecule has 0 bridgehead atoms. The molecule has 0 aromatic heterocycles. The minimum Gasteiger partial charge on any atom is -0.303 e. The molecule has 1 nitrogen and oxygen atoms in total. The molecule has 0 fully saturated rings. The lowest BCUT2D eigenvalue weighted by molar-refractivity contribution is -0.108. The molecule has 1 atom stereocenters. The van der Waals surface area contributed by atoms with Crippen molar-refractivity contribution in [3.8, 4) is 0 Å². The van der Waals surface area contributed by atoms with Crippen molar-refractivity contribution in [1.82, 2.24) is 0 Å². The average molecular weight is 152 g/mol. The molecule has 62 valence electrons. The normalized spacial score (nSPS) is 13.2. The minimum absolute atomic E-state index is 0.366. The average Bonchev–Trinajstić information content (AvgIpc) is 2.01. The van der Waals surface area contributed by atoms with E-state index >= 15 is 0 Å². The fourth-order valence-corrected chi connectivity index (χ4v) is 0.920. The lowest BCUT2D eigenvalue weighted by Crippen LogP contribution is -1.94. The van der Waals surface area contributed by atoms with Gasteiger partial charge in [-0.25, -0.2) is 0 Å². The Hall–Kier alpha value is -0.850. The van der Waals surface area contributed by atoms with Gasteiger partial charge in [0.25, 0.3) is 0 Å². The lowest BCUT2D eigenvalue weighted by atomic mass is 10.0.